The van der Waals surface area contributed by atoms with E-state index in [0.29, 0.717) is 27.5 Å². The molecule has 4 rings (SSSR count). The number of fused-ring (bicyclic) bond motifs is 1. The molecular formula is C19H17ClN7O+. The Hall–Kier alpha value is -3.65. The highest BCUT2D eigenvalue weighted by Crippen LogP contribution is 2.28. The van der Waals surface area contributed by atoms with Gasteiger partial charge in [0.25, 0.3) is 17.4 Å². The van der Waals surface area contributed by atoms with Gasteiger partial charge in [-0.1, -0.05) is 32.9 Å². The van der Waals surface area contributed by atoms with Gasteiger partial charge in [-0.15, -0.1) is 0 Å². The Morgan fingerprint density at radius 2 is 2.07 bits per heavy atom. The summed E-state index contributed by atoms with van der Waals surface area (Å²) in [5.74, 6) is -0.527. The van der Waals surface area contributed by atoms with Crippen molar-refractivity contribution in [3.05, 3.63) is 71.6 Å². The summed E-state index contributed by atoms with van der Waals surface area (Å²) >= 11 is 6.09. The first-order chi connectivity index (χ1) is 13.4. The van der Waals surface area contributed by atoms with Crippen LogP contribution in [0.2, 0.25) is 5.02 Å². The van der Waals surface area contributed by atoms with Gasteiger partial charge in [0, 0.05) is 36.0 Å². The lowest BCUT2D eigenvalue weighted by Crippen LogP contribution is -2.39. The molecule has 4 N–H and O–H groups in total. The first kappa shape index (κ1) is 17.7. The number of benzene rings is 1. The highest BCUT2D eigenvalue weighted by atomic mass is 35.5. The molecule has 1 amide bonds. The standard InChI is InChI=1S/C19H16ClN7O/c1-25-11-15(17(24-25)12-5-4-6-13(20)9-12)23-18(28)14-10-27(19(21)22)26-8-3-2-7-16(14)26/h2-11H,1H3,(H3-,21,22,23,28)/p+1. The second-order valence-corrected chi connectivity index (χ2v) is 6.67. The number of pyridine rings is 1. The summed E-state index contributed by atoms with van der Waals surface area (Å²) < 4.78 is 4.66. The van der Waals surface area contributed by atoms with Crippen molar-refractivity contribution in [3.8, 4) is 11.3 Å². The number of aryl methyl sites for hydroxylation is 1. The summed E-state index contributed by atoms with van der Waals surface area (Å²) in [6.45, 7) is 0. The second-order valence-electron chi connectivity index (χ2n) is 6.23. The van der Waals surface area contributed by atoms with E-state index in [9.17, 15) is 4.79 Å². The van der Waals surface area contributed by atoms with E-state index in [1.165, 1.54) is 10.9 Å². The lowest BCUT2D eigenvalue weighted by molar-refractivity contribution is -0.594. The van der Waals surface area contributed by atoms with Crippen molar-refractivity contribution < 1.29 is 9.31 Å². The molecule has 3 heterocycles. The van der Waals surface area contributed by atoms with Crippen LogP contribution in [0.25, 0.3) is 16.8 Å². The number of nitrogens with zero attached hydrogens (tertiary/aromatic N) is 4. The fourth-order valence-corrected chi connectivity index (χ4v) is 3.26. The van der Waals surface area contributed by atoms with E-state index < -0.39 is 0 Å². The summed E-state index contributed by atoms with van der Waals surface area (Å²) in [6, 6.07) is 12.7. The molecule has 28 heavy (non-hydrogen) atoms. The van der Waals surface area contributed by atoms with E-state index >= 15 is 0 Å². The van der Waals surface area contributed by atoms with Crippen LogP contribution in [0, 0.1) is 5.41 Å². The fraction of sp³-hybridized carbons (Fsp3) is 0.0526. The van der Waals surface area contributed by atoms with Crippen LogP contribution in [0.3, 0.4) is 0 Å². The van der Waals surface area contributed by atoms with Gasteiger partial charge in [0.2, 0.25) is 6.20 Å². The highest BCUT2D eigenvalue weighted by Gasteiger charge is 2.24. The third-order valence-electron chi connectivity index (χ3n) is 4.27. The molecule has 1 aromatic carbocycles. The number of hydrogen-bond acceptors (Lipinski definition) is 3. The molecule has 4 aromatic rings. The third-order valence-corrected chi connectivity index (χ3v) is 4.50. The predicted octanol–water partition coefficient (Wildman–Crippen LogP) is 2.27. The lowest BCUT2D eigenvalue weighted by atomic mass is 10.1. The zero-order valence-corrected chi connectivity index (χ0v) is 15.7. The van der Waals surface area contributed by atoms with Crippen LogP contribution in [-0.2, 0) is 7.05 Å². The number of amides is 1. The monoisotopic (exact) mass is 394 g/mol. The Morgan fingerprint density at radius 1 is 1.25 bits per heavy atom. The first-order valence-corrected chi connectivity index (χ1v) is 8.79. The smallest absolute Gasteiger partial charge is 0.264 e. The second kappa shape index (κ2) is 6.82. The SMILES string of the molecule is Cn1cc(NC(=O)c2cn(C(=N)N)[n+]3ccccc23)c(-c2cccc(Cl)c2)n1. The minimum Gasteiger partial charge on any atom is -0.365 e. The van der Waals surface area contributed by atoms with Crippen molar-refractivity contribution in [1.82, 2.24) is 14.5 Å². The quantitative estimate of drug-likeness (QED) is 0.282. The molecule has 0 saturated carbocycles. The average molecular weight is 395 g/mol. The Labute approximate surface area is 165 Å². The maximum atomic E-state index is 13.0. The van der Waals surface area contributed by atoms with Crippen LogP contribution in [-0.4, -0.2) is 26.3 Å². The molecule has 0 aliphatic rings. The van der Waals surface area contributed by atoms with Crippen LogP contribution in [0.15, 0.2) is 61.1 Å². The molecule has 8 nitrogen and oxygen atoms in total. The predicted molar refractivity (Wildman–Crippen MR) is 107 cm³/mol. The summed E-state index contributed by atoms with van der Waals surface area (Å²) in [5.41, 5.74) is 8.61. The van der Waals surface area contributed by atoms with Gasteiger partial charge >= 0.3 is 0 Å². The van der Waals surface area contributed by atoms with Gasteiger partial charge in [-0.05, 0) is 18.2 Å². The van der Waals surface area contributed by atoms with E-state index in [2.05, 4.69) is 10.4 Å². The molecule has 0 bridgehead atoms. The number of aromatic nitrogens is 4. The number of nitrogen functional groups attached to an aromatic ring is 1. The van der Waals surface area contributed by atoms with Gasteiger partial charge < -0.3 is 11.1 Å². The molecule has 0 aliphatic carbocycles. The van der Waals surface area contributed by atoms with Gasteiger partial charge in [-0.2, -0.15) is 5.10 Å². The summed E-state index contributed by atoms with van der Waals surface area (Å²) in [6.07, 6.45) is 4.99. The maximum absolute atomic E-state index is 13.0. The molecule has 9 heteroatoms. The molecule has 0 spiro atoms. The van der Waals surface area contributed by atoms with E-state index in [1.54, 1.807) is 52.9 Å². The Balaban J connectivity index is 1.75. The zero-order valence-electron chi connectivity index (χ0n) is 14.9. The topological polar surface area (TPSA) is 106 Å². The number of nitrogens with one attached hydrogen (secondary N) is 2. The van der Waals surface area contributed by atoms with Crippen molar-refractivity contribution in [3.63, 3.8) is 0 Å². The van der Waals surface area contributed by atoms with Gasteiger partial charge in [-0.25, -0.2) is 0 Å². The average Bonchev–Trinajstić information content (AvgIpc) is 3.22. The number of halogens is 1. The maximum Gasteiger partial charge on any atom is 0.264 e. The number of carbonyl (C=O) groups is 1. The van der Waals surface area contributed by atoms with Gasteiger partial charge in [-0.3, -0.25) is 14.9 Å². The number of rotatable bonds is 3. The van der Waals surface area contributed by atoms with Crippen LogP contribution in [0.4, 0.5) is 5.69 Å². The number of nitrogens with two attached hydrogens (primary N) is 1. The molecule has 0 unspecified atom stereocenters. The van der Waals surface area contributed by atoms with Gasteiger partial charge in [0.15, 0.2) is 0 Å². The first-order valence-electron chi connectivity index (χ1n) is 8.41. The van der Waals surface area contributed by atoms with Crippen molar-refractivity contribution in [2.24, 2.45) is 12.8 Å². The van der Waals surface area contributed by atoms with Crippen molar-refractivity contribution in [2.75, 3.05) is 5.32 Å². The molecular weight excluding hydrogens is 378 g/mol. The molecule has 0 saturated heterocycles. The largest absolute Gasteiger partial charge is 0.365 e. The molecule has 0 aliphatic heterocycles. The van der Waals surface area contributed by atoms with Crippen molar-refractivity contribution >= 4 is 34.7 Å². The summed E-state index contributed by atoms with van der Waals surface area (Å²) in [4.78, 5) is 13.0. The van der Waals surface area contributed by atoms with Crippen LogP contribution in [0.5, 0.6) is 0 Å². The Kier molecular flexibility index (Phi) is 4.32. The van der Waals surface area contributed by atoms with Crippen LogP contribution < -0.4 is 15.6 Å². The normalized spacial score (nSPS) is 10.9. The van der Waals surface area contributed by atoms with Gasteiger partial charge in [0.05, 0.1) is 11.9 Å². The minimum absolute atomic E-state index is 0.193. The Morgan fingerprint density at radius 3 is 2.82 bits per heavy atom. The summed E-state index contributed by atoms with van der Waals surface area (Å²) in [7, 11) is 1.78. The van der Waals surface area contributed by atoms with Crippen molar-refractivity contribution in [2.45, 2.75) is 0 Å². The van der Waals surface area contributed by atoms with Crippen molar-refractivity contribution in [1.29, 1.82) is 5.41 Å². The van der Waals surface area contributed by atoms with E-state index in [4.69, 9.17) is 22.7 Å². The molecule has 140 valence electrons. The van der Waals surface area contributed by atoms with E-state index in [1.807, 2.05) is 18.2 Å². The van der Waals surface area contributed by atoms with E-state index in [0.717, 1.165) is 5.56 Å². The molecule has 0 radical (unpaired) electrons. The summed E-state index contributed by atoms with van der Waals surface area (Å²) in [5, 5.41) is 15.7. The highest BCUT2D eigenvalue weighted by molar-refractivity contribution is 6.30. The molecule has 0 atom stereocenters. The zero-order chi connectivity index (χ0) is 19.8. The van der Waals surface area contributed by atoms with E-state index in [-0.39, 0.29) is 11.9 Å². The lowest BCUT2D eigenvalue weighted by Gasteiger charge is -2.04. The molecule has 0 fully saturated rings. The fourth-order valence-electron chi connectivity index (χ4n) is 3.07. The van der Waals surface area contributed by atoms with Crippen LogP contribution in [0.1, 0.15) is 10.4 Å². The number of carbonyl (C=O) groups excluding carboxylic acids is 1. The van der Waals surface area contributed by atoms with Crippen LogP contribution >= 0.6 is 11.6 Å². The number of anilines is 1. The minimum atomic E-state index is -0.333. The van der Waals surface area contributed by atoms with Gasteiger partial charge in [0.1, 0.15) is 11.3 Å². The third kappa shape index (κ3) is 3.10. The molecule has 3 aromatic heterocycles. The Bertz CT molecular complexity index is 1220. The number of hydrogen-bond donors (Lipinski definition) is 3.